The van der Waals surface area contributed by atoms with E-state index in [-0.39, 0.29) is 5.41 Å². The van der Waals surface area contributed by atoms with Crippen molar-refractivity contribution in [2.45, 2.75) is 33.1 Å². The molecule has 0 heterocycles. The summed E-state index contributed by atoms with van der Waals surface area (Å²) in [7, 11) is 0. The van der Waals surface area contributed by atoms with Crippen molar-refractivity contribution in [1.82, 2.24) is 0 Å². The molecule has 59 heavy (non-hydrogen) atoms. The zero-order valence-electron chi connectivity index (χ0n) is 34.0. The molecule has 0 aromatic heterocycles. The van der Waals surface area contributed by atoms with E-state index in [2.05, 4.69) is 244 Å². The zero-order valence-corrected chi connectivity index (χ0v) is 34.0. The van der Waals surface area contributed by atoms with Gasteiger partial charge in [-0.15, -0.1) is 0 Å². The van der Waals surface area contributed by atoms with Crippen molar-refractivity contribution in [2.75, 3.05) is 9.80 Å². The maximum atomic E-state index is 2.48. The molecule has 0 atom stereocenters. The Balaban J connectivity index is 0.997. The highest BCUT2D eigenvalue weighted by Gasteiger charge is 2.36. The highest BCUT2D eigenvalue weighted by molar-refractivity contribution is 6.14. The lowest BCUT2D eigenvalue weighted by molar-refractivity contribution is 0.660. The quantitative estimate of drug-likeness (QED) is 0.112. The van der Waals surface area contributed by atoms with Crippen LogP contribution < -0.4 is 9.80 Å². The van der Waals surface area contributed by atoms with Crippen LogP contribution >= 0.6 is 0 Å². The van der Waals surface area contributed by atoms with E-state index in [1.165, 1.54) is 71.9 Å². The van der Waals surface area contributed by atoms with E-state index in [1.54, 1.807) is 0 Å². The maximum Gasteiger partial charge on any atom is 0.0546 e. The van der Waals surface area contributed by atoms with E-state index in [0.29, 0.717) is 0 Å². The number of rotatable bonds is 8. The average molecular weight is 759 g/mol. The molecule has 0 spiro atoms. The fourth-order valence-electron chi connectivity index (χ4n) is 9.24. The first kappa shape index (κ1) is 36.2. The second-order valence-corrected chi connectivity index (χ2v) is 16.4. The molecule has 0 radical (unpaired) electrons. The van der Waals surface area contributed by atoms with Gasteiger partial charge in [0, 0.05) is 39.2 Å². The first-order chi connectivity index (χ1) is 28.8. The second-order valence-electron chi connectivity index (χ2n) is 16.4. The second kappa shape index (κ2) is 14.7. The van der Waals surface area contributed by atoms with Gasteiger partial charge in [0.15, 0.2) is 0 Å². The summed E-state index contributed by atoms with van der Waals surface area (Å²) in [6.07, 6.45) is 4.47. The molecule has 10 rings (SSSR count). The van der Waals surface area contributed by atoms with E-state index in [1.807, 2.05) is 0 Å². The minimum absolute atomic E-state index is 0.190. The molecule has 1 aliphatic carbocycles. The summed E-state index contributed by atoms with van der Waals surface area (Å²) in [6, 6.07) is 70.9. The summed E-state index contributed by atoms with van der Waals surface area (Å²) < 4.78 is 0. The Kier molecular flexibility index (Phi) is 8.99. The smallest absolute Gasteiger partial charge is 0.0546 e. The van der Waals surface area contributed by atoms with E-state index in [0.717, 1.165) is 28.3 Å². The van der Waals surface area contributed by atoms with Gasteiger partial charge in [0.1, 0.15) is 0 Å². The van der Waals surface area contributed by atoms with Crippen LogP contribution in [0.3, 0.4) is 0 Å². The third-order valence-electron chi connectivity index (χ3n) is 12.0. The third-order valence-corrected chi connectivity index (χ3v) is 12.0. The van der Waals surface area contributed by atoms with Crippen LogP contribution in [0.2, 0.25) is 0 Å². The highest BCUT2D eigenvalue weighted by atomic mass is 15.1. The van der Waals surface area contributed by atoms with Crippen LogP contribution in [0, 0.1) is 13.8 Å². The standard InChI is InChI=1S/C57H46N2/c1-39-33-40(2)35-48(34-39)59(56-37-43-15-11-12-20-49(43)50-21-13-14-22-53(50)56)47-30-32-52-51-31-27-42(36-54(51)57(3,4)55(52)38-47)24-23-41-25-28-46(29-26-41)58(44-16-7-5-8-17-44)45-18-9-6-10-19-45/h5-38H,1-4H3/b24-23+. The third kappa shape index (κ3) is 6.57. The summed E-state index contributed by atoms with van der Waals surface area (Å²) in [5, 5.41) is 5.02. The predicted molar refractivity (Wildman–Crippen MR) is 253 cm³/mol. The average Bonchev–Trinajstić information content (AvgIpc) is 3.48. The molecule has 0 unspecified atom stereocenters. The topological polar surface area (TPSA) is 6.48 Å². The molecule has 284 valence electrons. The highest BCUT2D eigenvalue weighted by Crippen LogP contribution is 2.52. The lowest BCUT2D eigenvalue weighted by Gasteiger charge is -2.30. The van der Waals surface area contributed by atoms with E-state index in [9.17, 15) is 0 Å². The molecule has 2 heteroatoms. The van der Waals surface area contributed by atoms with Crippen molar-refractivity contribution in [3.05, 3.63) is 228 Å². The van der Waals surface area contributed by atoms with Crippen molar-refractivity contribution in [1.29, 1.82) is 0 Å². The fourth-order valence-corrected chi connectivity index (χ4v) is 9.24. The maximum absolute atomic E-state index is 2.48. The summed E-state index contributed by atoms with van der Waals surface area (Å²) in [4.78, 5) is 4.77. The Hall–Kier alpha value is -7.16. The van der Waals surface area contributed by atoms with Gasteiger partial charge in [-0.05, 0) is 141 Å². The van der Waals surface area contributed by atoms with Crippen molar-refractivity contribution in [3.8, 4) is 11.1 Å². The lowest BCUT2D eigenvalue weighted by Crippen LogP contribution is -2.17. The zero-order chi connectivity index (χ0) is 40.1. The van der Waals surface area contributed by atoms with Crippen LogP contribution in [0.25, 0.3) is 44.8 Å². The van der Waals surface area contributed by atoms with Gasteiger partial charge in [0.25, 0.3) is 0 Å². The van der Waals surface area contributed by atoms with Crippen LogP contribution in [-0.4, -0.2) is 0 Å². The van der Waals surface area contributed by atoms with E-state index in [4.69, 9.17) is 0 Å². The largest absolute Gasteiger partial charge is 0.311 e. The summed E-state index contributed by atoms with van der Waals surface area (Å²) in [5.41, 5.74) is 16.9. The fraction of sp³-hybridized carbons (Fsp3) is 0.0877. The molecular formula is C57H46N2. The van der Waals surface area contributed by atoms with E-state index < -0.39 is 0 Å². The molecule has 0 amide bonds. The minimum atomic E-state index is -0.190. The normalized spacial score (nSPS) is 12.8. The number of hydrogen-bond donors (Lipinski definition) is 0. The number of hydrogen-bond acceptors (Lipinski definition) is 2. The Morgan fingerprint density at radius 3 is 1.56 bits per heavy atom. The number of para-hydroxylation sites is 2. The minimum Gasteiger partial charge on any atom is -0.311 e. The Morgan fingerprint density at radius 2 is 0.881 bits per heavy atom. The monoisotopic (exact) mass is 758 g/mol. The van der Waals surface area contributed by atoms with Crippen LogP contribution in [0.15, 0.2) is 194 Å². The van der Waals surface area contributed by atoms with Crippen LogP contribution in [0.5, 0.6) is 0 Å². The van der Waals surface area contributed by atoms with Gasteiger partial charge < -0.3 is 9.80 Å². The number of fused-ring (bicyclic) bond motifs is 6. The molecule has 9 aromatic carbocycles. The van der Waals surface area contributed by atoms with E-state index >= 15 is 0 Å². The molecule has 0 aliphatic heterocycles. The number of aryl methyl sites for hydroxylation is 2. The number of nitrogens with zero attached hydrogens (tertiary/aromatic N) is 2. The van der Waals surface area contributed by atoms with Gasteiger partial charge in [-0.3, -0.25) is 0 Å². The molecule has 0 bridgehead atoms. The van der Waals surface area contributed by atoms with Crippen LogP contribution in [-0.2, 0) is 5.41 Å². The van der Waals surface area contributed by atoms with Gasteiger partial charge in [-0.1, -0.05) is 153 Å². The number of anilines is 6. The molecule has 9 aromatic rings. The SMILES string of the molecule is Cc1cc(C)cc(N(c2ccc3c(c2)C(C)(C)c2cc(/C=C/c4ccc(N(c5ccccc5)c5ccccc5)cc4)ccc2-3)c2cc3ccccc3c3ccccc23)c1. The predicted octanol–water partition coefficient (Wildman–Crippen LogP) is 16.0. The molecule has 0 saturated carbocycles. The number of benzene rings is 9. The first-order valence-electron chi connectivity index (χ1n) is 20.6. The molecular weight excluding hydrogens is 713 g/mol. The summed E-state index contributed by atoms with van der Waals surface area (Å²) >= 11 is 0. The molecule has 0 saturated heterocycles. The van der Waals surface area contributed by atoms with Crippen molar-refractivity contribution < 1.29 is 0 Å². The van der Waals surface area contributed by atoms with Gasteiger partial charge in [-0.25, -0.2) is 0 Å². The van der Waals surface area contributed by atoms with Crippen LogP contribution in [0.1, 0.15) is 47.2 Å². The molecule has 0 N–H and O–H groups in total. The summed E-state index contributed by atoms with van der Waals surface area (Å²) in [6.45, 7) is 9.15. The molecule has 0 fully saturated rings. The molecule has 1 aliphatic rings. The van der Waals surface area contributed by atoms with Crippen molar-refractivity contribution in [3.63, 3.8) is 0 Å². The van der Waals surface area contributed by atoms with Gasteiger partial charge >= 0.3 is 0 Å². The van der Waals surface area contributed by atoms with Gasteiger partial charge in [-0.2, -0.15) is 0 Å². The Morgan fingerprint density at radius 1 is 0.373 bits per heavy atom. The summed E-state index contributed by atoms with van der Waals surface area (Å²) in [5.74, 6) is 0. The van der Waals surface area contributed by atoms with Crippen molar-refractivity contribution >= 4 is 67.8 Å². The Labute approximate surface area is 348 Å². The van der Waals surface area contributed by atoms with Crippen LogP contribution in [0.4, 0.5) is 34.1 Å². The lowest BCUT2D eigenvalue weighted by atomic mass is 9.81. The molecule has 2 nitrogen and oxygen atoms in total. The van der Waals surface area contributed by atoms with Gasteiger partial charge in [0.05, 0.1) is 5.69 Å². The van der Waals surface area contributed by atoms with Gasteiger partial charge in [0.2, 0.25) is 0 Å². The Bertz CT molecular complexity index is 2970. The van der Waals surface area contributed by atoms with Crippen molar-refractivity contribution in [2.24, 2.45) is 0 Å². The first-order valence-corrected chi connectivity index (χ1v) is 20.6.